The molecule has 0 fully saturated rings. The molecule has 0 saturated carbocycles. The minimum absolute atomic E-state index is 0.255. The van der Waals surface area contributed by atoms with E-state index in [0.717, 1.165) is 4.68 Å². The van der Waals surface area contributed by atoms with E-state index in [1.165, 1.54) is 12.1 Å². The number of para-hydroxylation sites is 1. The first-order valence-electron chi connectivity index (χ1n) is 5.80. The molecule has 0 bridgehead atoms. The molecule has 0 radical (unpaired) electrons. The number of alkyl halides is 3. The number of carbonyl (C=O) groups excluding carboxylic acids is 1. The fourth-order valence-corrected chi connectivity index (χ4v) is 1.80. The van der Waals surface area contributed by atoms with Gasteiger partial charge in [0.1, 0.15) is 13.1 Å². The van der Waals surface area contributed by atoms with Gasteiger partial charge < -0.3 is 10.4 Å². The molecule has 2 aromatic rings. The Morgan fingerprint density at radius 3 is 2.57 bits per heavy atom. The molecule has 1 aromatic carbocycles. The molecule has 0 aliphatic rings. The van der Waals surface area contributed by atoms with E-state index in [4.69, 9.17) is 5.11 Å². The maximum atomic E-state index is 12.0. The molecule has 21 heavy (non-hydrogen) atoms. The molecule has 0 aliphatic heterocycles. The molecule has 9 heteroatoms. The number of aromatic carboxylic acids is 1. The zero-order valence-corrected chi connectivity index (χ0v) is 10.5. The van der Waals surface area contributed by atoms with Gasteiger partial charge in [0.25, 0.3) is 0 Å². The molecular weight excluding hydrogens is 291 g/mol. The average molecular weight is 301 g/mol. The highest BCUT2D eigenvalue weighted by Gasteiger charge is 2.28. The summed E-state index contributed by atoms with van der Waals surface area (Å²) in [6.45, 7) is -1.94. The number of amides is 1. The van der Waals surface area contributed by atoms with E-state index < -0.39 is 31.1 Å². The Hall–Kier alpha value is -2.58. The number of halogens is 3. The minimum atomic E-state index is -4.51. The van der Waals surface area contributed by atoms with Crippen LogP contribution in [-0.2, 0) is 11.3 Å². The van der Waals surface area contributed by atoms with E-state index in [2.05, 4.69) is 5.10 Å². The van der Waals surface area contributed by atoms with Crippen LogP contribution in [-0.4, -0.2) is 39.5 Å². The van der Waals surface area contributed by atoms with Crippen molar-refractivity contribution in [3.05, 3.63) is 30.0 Å². The standard InChI is InChI=1S/C12H10F3N3O3/c13-12(14,15)6-16-9(19)5-18-8-4-2-1-3-7(8)10(17-18)11(20)21/h1-4H,5-6H2,(H,16,19)(H,20,21). The molecule has 1 heterocycles. The SMILES string of the molecule is O=C(Cn1nc(C(=O)O)c2ccccc21)NCC(F)(F)F. The highest BCUT2D eigenvalue weighted by atomic mass is 19.4. The quantitative estimate of drug-likeness (QED) is 0.894. The highest BCUT2D eigenvalue weighted by Crippen LogP contribution is 2.18. The Balaban J connectivity index is 2.23. The number of hydrogen-bond donors (Lipinski definition) is 2. The first kappa shape index (κ1) is 14.8. The van der Waals surface area contributed by atoms with Crippen LogP contribution in [0.1, 0.15) is 10.5 Å². The Morgan fingerprint density at radius 1 is 1.29 bits per heavy atom. The maximum Gasteiger partial charge on any atom is 0.405 e. The predicted octanol–water partition coefficient (Wildman–Crippen LogP) is 1.41. The van der Waals surface area contributed by atoms with Gasteiger partial charge in [0.15, 0.2) is 5.69 Å². The number of carboxylic acid groups (broad SMARTS) is 1. The van der Waals surface area contributed by atoms with E-state index >= 15 is 0 Å². The van der Waals surface area contributed by atoms with Crippen LogP contribution in [0, 0.1) is 0 Å². The van der Waals surface area contributed by atoms with Gasteiger partial charge >= 0.3 is 12.1 Å². The lowest BCUT2D eigenvalue weighted by atomic mass is 10.2. The Morgan fingerprint density at radius 2 is 1.95 bits per heavy atom. The highest BCUT2D eigenvalue weighted by molar-refractivity contribution is 6.01. The molecular formula is C12H10F3N3O3. The molecule has 0 aliphatic carbocycles. The molecule has 1 aromatic heterocycles. The second kappa shape index (κ2) is 5.43. The van der Waals surface area contributed by atoms with Crippen LogP contribution >= 0.6 is 0 Å². The first-order chi connectivity index (χ1) is 9.78. The average Bonchev–Trinajstić information content (AvgIpc) is 2.75. The molecule has 112 valence electrons. The van der Waals surface area contributed by atoms with Crippen molar-refractivity contribution in [1.29, 1.82) is 0 Å². The van der Waals surface area contributed by atoms with Gasteiger partial charge in [0.2, 0.25) is 5.91 Å². The monoisotopic (exact) mass is 301 g/mol. The summed E-state index contributed by atoms with van der Waals surface area (Å²) in [5.74, 6) is -2.18. The first-order valence-corrected chi connectivity index (χ1v) is 5.80. The summed E-state index contributed by atoms with van der Waals surface area (Å²) in [5, 5.41) is 14.8. The van der Waals surface area contributed by atoms with Gasteiger partial charge in [-0.3, -0.25) is 9.48 Å². The molecule has 6 nitrogen and oxygen atoms in total. The number of carbonyl (C=O) groups is 2. The summed E-state index contributed by atoms with van der Waals surface area (Å²) in [4.78, 5) is 22.5. The summed E-state index contributed by atoms with van der Waals surface area (Å²) in [6, 6.07) is 6.26. The summed E-state index contributed by atoms with van der Waals surface area (Å²) in [6.07, 6.45) is -4.51. The van der Waals surface area contributed by atoms with Gasteiger partial charge in [-0.15, -0.1) is 0 Å². The molecule has 2 rings (SSSR count). The minimum Gasteiger partial charge on any atom is -0.476 e. The lowest BCUT2D eigenvalue weighted by Crippen LogP contribution is -2.36. The van der Waals surface area contributed by atoms with Crippen molar-refractivity contribution in [2.45, 2.75) is 12.7 Å². The number of hydrogen-bond acceptors (Lipinski definition) is 3. The van der Waals surface area contributed by atoms with Crippen LogP contribution in [0.4, 0.5) is 13.2 Å². The van der Waals surface area contributed by atoms with Crippen molar-refractivity contribution in [3.63, 3.8) is 0 Å². The van der Waals surface area contributed by atoms with Crippen molar-refractivity contribution in [2.24, 2.45) is 0 Å². The van der Waals surface area contributed by atoms with Crippen molar-refractivity contribution >= 4 is 22.8 Å². The lowest BCUT2D eigenvalue weighted by molar-refractivity contribution is -0.138. The Bertz CT molecular complexity index is 694. The normalized spacial score (nSPS) is 11.6. The van der Waals surface area contributed by atoms with Crippen LogP contribution in [0.5, 0.6) is 0 Å². The summed E-state index contributed by atoms with van der Waals surface area (Å²) in [5.41, 5.74) is 0.103. The number of benzene rings is 1. The smallest absolute Gasteiger partial charge is 0.405 e. The summed E-state index contributed by atoms with van der Waals surface area (Å²) in [7, 11) is 0. The summed E-state index contributed by atoms with van der Waals surface area (Å²) >= 11 is 0. The zero-order chi connectivity index (χ0) is 15.6. The predicted molar refractivity (Wildman–Crippen MR) is 65.8 cm³/mol. The Labute approximate surface area is 116 Å². The third kappa shape index (κ3) is 3.50. The number of carboxylic acids is 1. The molecule has 0 spiro atoms. The van der Waals surface area contributed by atoms with Gasteiger partial charge in [0, 0.05) is 5.39 Å². The maximum absolute atomic E-state index is 12.0. The zero-order valence-electron chi connectivity index (χ0n) is 10.5. The van der Waals surface area contributed by atoms with E-state index in [-0.39, 0.29) is 5.69 Å². The molecule has 1 amide bonds. The van der Waals surface area contributed by atoms with Crippen molar-refractivity contribution in [3.8, 4) is 0 Å². The molecule has 0 saturated heterocycles. The fourth-order valence-electron chi connectivity index (χ4n) is 1.80. The van der Waals surface area contributed by atoms with Crippen LogP contribution < -0.4 is 5.32 Å². The number of nitrogens with zero attached hydrogens (tertiary/aromatic N) is 2. The van der Waals surface area contributed by atoms with Gasteiger partial charge in [-0.05, 0) is 6.07 Å². The van der Waals surface area contributed by atoms with Gasteiger partial charge in [0.05, 0.1) is 5.52 Å². The van der Waals surface area contributed by atoms with Gasteiger partial charge in [-0.2, -0.15) is 18.3 Å². The second-order valence-corrected chi connectivity index (χ2v) is 4.22. The number of nitrogens with one attached hydrogen (secondary N) is 1. The number of fused-ring (bicyclic) bond motifs is 1. The van der Waals surface area contributed by atoms with Gasteiger partial charge in [-0.25, -0.2) is 4.79 Å². The van der Waals surface area contributed by atoms with Crippen molar-refractivity contribution < 1.29 is 27.9 Å². The molecule has 2 N–H and O–H groups in total. The number of aromatic nitrogens is 2. The van der Waals surface area contributed by atoms with Crippen LogP contribution in [0.25, 0.3) is 10.9 Å². The van der Waals surface area contributed by atoms with Crippen LogP contribution in [0.3, 0.4) is 0 Å². The van der Waals surface area contributed by atoms with Crippen LogP contribution in [0.2, 0.25) is 0 Å². The van der Waals surface area contributed by atoms with E-state index in [1.54, 1.807) is 17.4 Å². The van der Waals surface area contributed by atoms with E-state index in [0.29, 0.717) is 10.9 Å². The van der Waals surface area contributed by atoms with E-state index in [9.17, 15) is 22.8 Å². The Kier molecular flexibility index (Phi) is 3.83. The van der Waals surface area contributed by atoms with E-state index in [1.807, 2.05) is 0 Å². The number of rotatable bonds is 4. The van der Waals surface area contributed by atoms with Crippen molar-refractivity contribution in [2.75, 3.05) is 6.54 Å². The summed E-state index contributed by atoms with van der Waals surface area (Å²) < 4.78 is 37.1. The van der Waals surface area contributed by atoms with Crippen molar-refractivity contribution in [1.82, 2.24) is 15.1 Å². The largest absolute Gasteiger partial charge is 0.476 e. The molecule has 0 atom stereocenters. The topological polar surface area (TPSA) is 84.2 Å². The fraction of sp³-hybridized carbons (Fsp3) is 0.250. The van der Waals surface area contributed by atoms with Crippen LogP contribution in [0.15, 0.2) is 24.3 Å². The lowest BCUT2D eigenvalue weighted by Gasteiger charge is -2.08. The van der Waals surface area contributed by atoms with Gasteiger partial charge in [-0.1, -0.05) is 18.2 Å². The second-order valence-electron chi connectivity index (χ2n) is 4.22. The third-order valence-electron chi connectivity index (χ3n) is 2.64. The molecule has 0 unspecified atom stereocenters. The third-order valence-corrected chi connectivity index (χ3v) is 2.64.